The molecule has 148 valence electrons. The molecule has 0 bridgehead atoms. The number of ketones is 1. The van der Waals surface area contributed by atoms with Crippen LogP contribution in [0, 0.1) is 5.82 Å². The number of carbonyl (C=O) groups excluding carboxylic acids is 2. The van der Waals surface area contributed by atoms with E-state index >= 15 is 0 Å². The zero-order valence-electron chi connectivity index (χ0n) is 16.3. The first kappa shape index (κ1) is 20.3. The van der Waals surface area contributed by atoms with Crippen LogP contribution >= 0.6 is 0 Å². The molecule has 0 fully saturated rings. The molecule has 0 aliphatic heterocycles. The molecule has 3 aromatic rings. The summed E-state index contributed by atoms with van der Waals surface area (Å²) in [5.41, 5.74) is 2.23. The van der Waals surface area contributed by atoms with Crippen LogP contribution in [-0.2, 0) is 4.79 Å². The summed E-state index contributed by atoms with van der Waals surface area (Å²) in [5.74, 6) is -0.184. The molecule has 0 N–H and O–H groups in total. The van der Waals surface area contributed by atoms with Crippen LogP contribution in [0.1, 0.15) is 34.5 Å². The van der Waals surface area contributed by atoms with Crippen LogP contribution in [0.4, 0.5) is 4.39 Å². The molecular weight excluding hydrogens is 369 g/mol. The van der Waals surface area contributed by atoms with Crippen LogP contribution in [0.15, 0.2) is 78.9 Å². The second-order valence-electron chi connectivity index (χ2n) is 6.74. The average molecular weight is 391 g/mol. The van der Waals surface area contributed by atoms with Gasteiger partial charge in [-0.2, -0.15) is 0 Å². The third-order valence-corrected chi connectivity index (χ3v) is 4.68. The maximum atomic E-state index is 13.4. The Hall–Kier alpha value is -3.47. The van der Waals surface area contributed by atoms with Crippen molar-refractivity contribution in [3.63, 3.8) is 0 Å². The fourth-order valence-corrected chi connectivity index (χ4v) is 3.12. The standard InChI is InChI=1S/C24H22FNO3/c1-17(27)20-9-6-10-22(15-20)29-16-23(28)26(2)24(18-7-4-3-5-8-18)19-11-13-21(25)14-12-19/h3-15,24H,16H2,1-2H3. The lowest BCUT2D eigenvalue weighted by molar-refractivity contribution is -0.133. The Bertz CT molecular complexity index is 987. The summed E-state index contributed by atoms with van der Waals surface area (Å²) in [7, 11) is 1.69. The second kappa shape index (κ2) is 9.15. The van der Waals surface area contributed by atoms with Gasteiger partial charge in [-0.3, -0.25) is 9.59 Å². The van der Waals surface area contributed by atoms with Crippen molar-refractivity contribution in [3.05, 3.63) is 101 Å². The van der Waals surface area contributed by atoms with Crippen molar-refractivity contribution < 1.29 is 18.7 Å². The Balaban J connectivity index is 1.79. The van der Waals surface area contributed by atoms with Crippen molar-refractivity contribution in [2.24, 2.45) is 0 Å². The molecule has 3 rings (SSSR count). The summed E-state index contributed by atoms with van der Waals surface area (Å²) in [4.78, 5) is 25.9. The quantitative estimate of drug-likeness (QED) is 0.551. The van der Waals surface area contributed by atoms with Crippen molar-refractivity contribution in [3.8, 4) is 5.75 Å². The third-order valence-electron chi connectivity index (χ3n) is 4.68. The number of hydrogen-bond acceptors (Lipinski definition) is 3. The van der Waals surface area contributed by atoms with Gasteiger partial charge in [0.1, 0.15) is 11.6 Å². The highest BCUT2D eigenvalue weighted by Crippen LogP contribution is 2.28. The lowest BCUT2D eigenvalue weighted by atomic mass is 9.97. The van der Waals surface area contributed by atoms with Gasteiger partial charge < -0.3 is 9.64 Å². The van der Waals surface area contributed by atoms with Crippen molar-refractivity contribution in [2.75, 3.05) is 13.7 Å². The molecule has 0 radical (unpaired) electrons. The van der Waals surface area contributed by atoms with E-state index in [0.29, 0.717) is 11.3 Å². The molecule has 0 saturated carbocycles. The van der Waals surface area contributed by atoms with Gasteiger partial charge in [-0.25, -0.2) is 4.39 Å². The minimum Gasteiger partial charge on any atom is -0.484 e. The molecule has 0 aliphatic rings. The number of hydrogen-bond donors (Lipinski definition) is 0. The lowest BCUT2D eigenvalue weighted by Crippen LogP contribution is -2.35. The van der Waals surface area contributed by atoms with Crippen LogP contribution in [0.3, 0.4) is 0 Å². The van der Waals surface area contributed by atoms with Crippen LogP contribution in [0.5, 0.6) is 5.75 Å². The highest BCUT2D eigenvalue weighted by molar-refractivity contribution is 5.94. The topological polar surface area (TPSA) is 46.6 Å². The monoisotopic (exact) mass is 391 g/mol. The number of benzene rings is 3. The predicted octanol–water partition coefficient (Wildman–Crippen LogP) is 4.66. The lowest BCUT2D eigenvalue weighted by Gasteiger charge is -2.29. The highest BCUT2D eigenvalue weighted by atomic mass is 19.1. The van der Waals surface area contributed by atoms with E-state index in [1.165, 1.54) is 19.1 Å². The zero-order valence-corrected chi connectivity index (χ0v) is 16.3. The third kappa shape index (κ3) is 5.08. The Morgan fingerprint density at radius 1 is 0.931 bits per heavy atom. The molecule has 3 aromatic carbocycles. The van der Waals surface area contributed by atoms with Gasteiger partial charge >= 0.3 is 0 Å². The first-order valence-corrected chi connectivity index (χ1v) is 9.25. The Morgan fingerprint density at radius 2 is 1.59 bits per heavy atom. The van der Waals surface area contributed by atoms with E-state index in [-0.39, 0.29) is 30.2 Å². The molecule has 1 unspecified atom stereocenters. The van der Waals surface area contributed by atoms with Crippen LogP contribution in [0.2, 0.25) is 0 Å². The number of nitrogens with zero attached hydrogens (tertiary/aromatic N) is 1. The summed E-state index contributed by atoms with van der Waals surface area (Å²) in [5, 5.41) is 0. The van der Waals surface area contributed by atoms with Gasteiger partial charge in [-0.05, 0) is 42.3 Å². The van der Waals surface area contributed by atoms with Gasteiger partial charge in [0.05, 0.1) is 6.04 Å². The van der Waals surface area contributed by atoms with E-state index in [1.807, 2.05) is 30.3 Å². The van der Waals surface area contributed by atoms with E-state index in [2.05, 4.69) is 0 Å². The number of likely N-dealkylation sites (N-methyl/N-ethyl adjacent to an activating group) is 1. The van der Waals surface area contributed by atoms with Gasteiger partial charge in [-0.1, -0.05) is 54.6 Å². The first-order chi connectivity index (χ1) is 14.0. The molecule has 0 aliphatic carbocycles. The van der Waals surface area contributed by atoms with E-state index in [9.17, 15) is 14.0 Å². The van der Waals surface area contributed by atoms with Crippen LogP contribution in [-0.4, -0.2) is 30.2 Å². The summed E-state index contributed by atoms with van der Waals surface area (Å²) >= 11 is 0. The second-order valence-corrected chi connectivity index (χ2v) is 6.74. The average Bonchev–Trinajstić information content (AvgIpc) is 2.74. The Morgan fingerprint density at radius 3 is 2.24 bits per heavy atom. The van der Waals surface area contributed by atoms with Crippen molar-refractivity contribution in [2.45, 2.75) is 13.0 Å². The maximum Gasteiger partial charge on any atom is 0.261 e. The molecule has 1 amide bonds. The predicted molar refractivity (Wildman–Crippen MR) is 109 cm³/mol. The van der Waals surface area contributed by atoms with Crippen LogP contribution in [0.25, 0.3) is 0 Å². The van der Waals surface area contributed by atoms with Crippen LogP contribution < -0.4 is 4.74 Å². The maximum absolute atomic E-state index is 13.4. The molecule has 0 aromatic heterocycles. The van der Waals surface area contributed by atoms with E-state index < -0.39 is 0 Å². The van der Waals surface area contributed by atoms with Crippen molar-refractivity contribution >= 4 is 11.7 Å². The van der Waals surface area contributed by atoms with E-state index in [4.69, 9.17) is 4.74 Å². The smallest absolute Gasteiger partial charge is 0.261 e. The highest BCUT2D eigenvalue weighted by Gasteiger charge is 2.24. The first-order valence-electron chi connectivity index (χ1n) is 9.25. The van der Waals surface area contributed by atoms with Gasteiger partial charge in [0.15, 0.2) is 12.4 Å². The molecule has 4 nitrogen and oxygen atoms in total. The number of rotatable bonds is 7. The summed E-state index contributed by atoms with van der Waals surface area (Å²) in [6, 6.07) is 22.0. The zero-order chi connectivity index (χ0) is 20.8. The Labute approximate surface area is 169 Å². The molecule has 0 saturated heterocycles. The minimum absolute atomic E-state index is 0.0700. The number of halogens is 1. The molecular formula is C24H22FNO3. The molecule has 0 heterocycles. The fourth-order valence-electron chi connectivity index (χ4n) is 3.12. The molecule has 29 heavy (non-hydrogen) atoms. The summed E-state index contributed by atoms with van der Waals surface area (Å²) in [6.45, 7) is 1.30. The van der Waals surface area contributed by atoms with E-state index in [1.54, 1.807) is 48.3 Å². The minimum atomic E-state index is -0.378. The fraction of sp³-hybridized carbons (Fsp3) is 0.167. The van der Waals surface area contributed by atoms with Crippen molar-refractivity contribution in [1.29, 1.82) is 0 Å². The number of ether oxygens (including phenoxy) is 1. The van der Waals surface area contributed by atoms with Gasteiger partial charge in [-0.15, -0.1) is 0 Å². The molecule has 5 heteroatoms. The number of carbonyl (C=O) groups is 2. The summed E-state index contributed by atoms with van der Waals surface area (Å²) < 4.78 is 19.0. The Kier molecular flexibility index (Phi) is 6.39. The molecule has 0 spiro atoms. The largest absolute Gasteiger partial charge is 0.484 e. The number of amides is 1. The normalized spacial score (nSPS) is 11.6. The van der Waals surface area contributed by atoms with Gasteiger partial charge in [0, 0.05) is 12.6 Å². The van der Waals surface area contributed by atoms with Gasteiger partial charge in [0.2, 0.25) is 0 Å². The number of Topliss-reactive ketones (excluding diaryl/α,β-unsaturated/α-hetero) is 1. The van der Waals surface area contributed by atoms with E-state index in [0.717, 1.165) is 11.1 Å². The van der Waals surface area contributed by atoms with Gasteiger partial charge in [0.25, 0.3) is 5.91 Å². The summed E-state index contributed by atoms with van der Waals surface area (Å²) in [6.07, 6.45) is 0. The van der Waals surface area contributed by atoms with Crippen molar-refractivity contribution in [1.82, 2.24) is 4.90 Å². The molecule has 1 atom stereocenters. The SMILES string of the molecule is CC(=O)c1cccc(OCC(=O)N(C)C(c2ccccc2)c2ccc(F)cc2)c1.